The Morgan fingerprint density at radius 3 is 2.50 bits per heavy atom. The van der Waals surface area contributed by atoms with E-state index in [9.17, 15) is 4.79 Å². The minimum Gasteiger partial charge on any atom is -0.352 e. The molecule has 0 spiro atoms. The van der Waals surface area contributed by atoms with E-state index in [0.717, 1.165) is 17.7 Å². The maximum absolute atomic E-state index is 12.0. The standard InChI is InChI=1S/C14H20ClNOS/c1-4-11(5-2)16-14(17)10(3)18-13-9-7-6-8-12(13)15/h6-11H,4-5H2,1-3H3,(H,16,17). The highest BCUT2D eigenvalue weighted by molar-refractivity contribution is 8.00. The molecule has 4 heteroatoms. The zero-order chi connectivity index (χ0) is 13.5. The molecule has 0 aliphatic rings. The Kier molecular flexibility index (Phi) is 6.58. The van der Waals surface area contributed by atoms with Crippen LogP contribution in [0, 0.1) is 0 Å². The first-order chi connectivity index (χ1) is 8.58. The van der Waals surface area contributed by atoms with Gasteiger partial charge in [0.2, 0.25) is 5.91 Å². The van der Waals surface area contributed by atoms with Crippen molar-refractivity contribution in [3.05, 3.63) is 29.3 Å². The molecule has 1 aromatic carbocycles. The van der Waals surface area contributed by atoms with Gasteiger partial charge in [0.15, 0.2) is 0 Å². The van der Waals surface area contributed by atoms with Crippen molar-refractivity contribution in [2.75, 3.05) is 0 Å². The van der Waals surface area contributed by atoms with Gasteiger partial charge in [-0.05, 0) is 31.9 Å². The van der Waals surface area contributed by atoms with Crippen LogP contribution in [0.5, 0.6) is 0 Å². The first-order valence-electron chi connectivity index (χ1n) is 6.30. The quantitative estimate of drug-likeness (QED) is 0.797. The van der Waals surface area contributed by atoms with Crippen LogP contribution in [0.4, 0.5) is 0 Å². The molecule has 0 aromatic heterocycles. The van der Waals surface area contributed by atoms with Crippen LogP contribution in [0.25, 0.3) is 0 Å². The van der Waals surface area contributed by atoms with Gasteiger partial charge in [0, 0.05) is 10.9 Å². The third-order valence-electron chi connectivity index (χ3n) is 2.84. The Morgan fingerprint density at radius 1 is 1.33 bits per heavy atom. The highest BCUT2D eigenvalue weighted by Gasteiger charge is 2.17. The molecule has 0 aliphatic carbocycles. The lowest BCUT2D eigenvalue weighted by molar-refractivity contribution is -0.121. The number of rotatable bonds is 6. The van der Waals surface area contributed by atoms with Crippen LogP contribution in [0.2, 0.25) is 5.02 Å². The number of amides is 1. The molecule has 1 unspecified atom stereocenters. The van der Waals surface area contributed by atoms with E-state index in [1.54, 1.807) is 0 Å². The molecule has 1 aromatic rings. The lowest BCUT2D eigenvalue weighted by atomic mass is 10.2. The van der Waals surface area contributed by atoms with Gasteiger partial charge in [-0.3, -0.25) is 4.79 Å². The highest BCUT2D eigenvalue weighted by atomic mass is 35.5. The van der Waals surface area contributed by atoms with Crippen molar-refractivity contribution in [1.82, 2.24) is 5.32 Å². The Hall–Kier alpha value is -0.670. The summed E-state index contributed by atoms with van der Waals surface area (Å²) in [5.41, 5.74) is 0. The second-order valence-corrected chi connectivity index (χ2v) is 6.00. The summed E-state index contributed by atoms with van der Waals surface area (Å²) in [6.45, 7) is 6.08. The number of nitrogens with one attached hydrogen (secondary N) is 1. The SMILES string of the molecule is CCC(CC)NC(=O)C(C)Sc1ccccc1Cl. The van der Waals surface area contributed by atoms with E-state index in [0.29, 0.717) is 5.02 Å². The average Bonchev–Trinajstić information content (AvgIpc) is 2.38. The molecule has 0 radical (unpaired) electrons. The van der Waals surface area contributed by atoms with Gasteiger partial charge in [0.1, 0.15) is 0 Å². The molecular weight excluding hydrogens is 266 g/mol. The molecule has 0 saturated heterocycles. The molecule has 2 nitrogen and oxygen atoms in total. The van der Waals surface area contributed by atoms with Gasteiger partial charge in [-0.2, -0.15) is 0 Å². The van der Waals surface area contributed by atoms with Gasteiger partial charge in [-0.25, -0.2) is 0 Å². The normalized spacial score (nSPS) is 12.5. The van der Waals surface area contributed by atoms with E-state index < -0.39 is 0 Å². The first kappa shape index (κ1) is 15.4. The predicted octanol–water partition coefficient (Wildman–Crippen LogP) is 4.13. The topological polar surface area (TPSA) is 29.1 Å². The summed E-state index contributed by atoms with van der Waals surface area (Å²) >= 11 is 7.58. The summed E-state index contributed by atoms with van der Waals surface area (Å²) in [6.07, 6.45) is 1.93. The van der Waals surface area contributed by atoms with E-state index in [-0.39, 0.29) is 17.2 Å². The van der Waals surface area contributed by atoms with E-state index in [2.05, 4.69) is 19.2 Å². The monoisotopic (exact) mass is 285 g/mol. The molecule has 100 valence electrons. The number of carbonyl (C=O) groups is 1. The van der Waals surface area contributed by atoms with Crippen LogP contribution in [0.15, 0.2) is 29.2 Å². The maximum atomic E-state index is 12.0. The number of carbonyl (C=O) groups excluding carboxylic acids is 1. The van der Waals surface area contributed by atoms with Crippen LogP contribution in [0.3, 0.4) is 0 Å². The molecule has 1 atom stereocenters. The summed E-state index contributed by atoms with van der Waals surface area (Å²) < 4.78 is 0. The third-order valence-corrected chi connectivity index (χ3v) is 4.46. The lowest BCUT2D eigenvalue weighted by Gasteiger charge is -2.18. The molecule has 18 heavy (non-hydrogen) atoms. The van der Waals surface area contributed by atoms with Crippen molar-refractivity contribution in [2.45, 2.75) is 49.8 Å². The van der Waals surface area contributed by atoms with E-state index in [1.165, 1.54) is 11.8 Å². The van der Waals surface area contributed by atoms with Gasteiger partial charge >= 0.3 is 0 Å². The van der Waals surface area contributed by atoms with E-state index in [4.69, 9.17) is 11.6 Å². The summed E-state index contributed by atoms with van der Waals surface area (Å²) in [7, 11) is 0. The second kappa shape index (κ2) is 7.70. The second-order valence-electron chi connectivity index (χ2n) is 4.21. The van der Waals surface area contributed by atoms with Crippen molar-refractivity contribution in [2.24, 2.45) is 0 Å². The van der Waals surface area contributed by atoms with Gasteiger partial charge in [-0.1, -0.05) is 37.6 Å². The van der Waals surface area contributed by atoms with Crippen molar-refractivity contribution in [3.63, 3.8) is 0 Å². The van der Waals surface area contributed by atoms with Crippen molar-refractivity contribution < 1.29 is 4.79 Å². The highest BCUT2D eigenvalue weighted by Crippen LogP contribution is 2.30. The molecule has 1 rings (SSSR count). The number of hydrogen-bond donors (Lipinski definition) is 1. The summed E-state index contributed by atoms with van der Waals surface area (Å²) in [5.74, 6) is 0.0774. The molecule has 1 amide bonds. The molecule has 0 saturated carbocycles. The zero-order valence-corrected chi connectivity index (χ0v) is 12.6. The molecule has 0 bridgehead atoms. The molecule has 0 fully saturated rings. The maximum Gasteiger partial charge on any atom is 0.233 e. The minimum absolute atomic E-state index is 0.0774. The largest absolute Gasteiger partial charge is 0.352 e. The first-order valence-corrected chi connectivity index (χ1v) is 7.55. The van der Waals surface area contributed by atoms with Crippen molar-refractivity contribution >= 4 is 29.3 Å². The van der Waals surface area contributed by atoms with E-state index >= 15 is 0 Å². The van der Waals surface area contributed by atoms with Crippen molar-refractivity contribution in [1.29, 1.82) is 0 Å². The summed E-state index contributed by atoms with van der Waals surface area (Å²) in [6, 6.07) is 7.87. The van der Waals surface area contributed by atoms with Crippen LogP contribution < -0.4 is 5.32 Å². The number of benzene rings is 1. The third kappa shape index (κ3) is 4.54. The van der Waals surface area contributed by atoms with Gasteiger partial charge in [0.05, 0.1) is 10.3 Å². The Morgan fingerprint density at radius 2 is 1.94 bits per heavy atom. The Labute approximate surface area is 118 Å². The lowest BCUT2D eigenvalue weighted by Crippen LogP contribution is -2.38. The van der Waals surface area contributed by atoms with E-state index in [1.807, 2.05) is 31.2 Å². The van der Waals surface area contributed by atoms with Crippen LogP contribution >= 0.6 is 23.4 Å². The molecule has 1 N–H and O–H groups in total. The fraction of sp³-hybridized carbons (Fsp3) is 0.500. The van der Waals surface area contributed by atoms with Crippen LogP contribution in [-0.4, -0.2) is 17.2 Å². The smallest absolute Gasteiger partial charge is 0.233 e. The van der Waals surface area contributed by atoms with Crippen LogP contribution in [-0.2, 0) is 4.79 Å². The van der Waals surface area contributed by atoms with Crippen LogP contribution in [0.1, 0.15) is 33.6 Å². The fourth-order valence-electron chi connectivity index (χ4n) is 1.60. The molecular formula is C14H20ClNOS. The predicted molar refractivity (Wildman–Crippen MR) is 79.3 cm³/mol. The molecule has 0 aliphatic heterocycles. The summed E-state index contributed by atoms with van der Waals surface area (Å²) in [5, 5.41) is 3.62. The minimum atomic E-state index is -0.134. The fourth-order valence-corrected chi connectivity index (χ4v) is 2.76. The Balaban J connectivity index is 2.57. The number of hydrogen-bond acceptors (Lipinski definition) is 2. The number of halogens is 1. The van der Waals surface area contributed by atoms with Gasteiger partial charge in [-0.15, -0.1) is 11.8 Å². The number of thioether (sulfide) groups is 1. The zero-order valence-electron chi connectivity index (χ0n) is 11.1. The van der Waals surface area contributed by atoms with Gasteiger partial charge in [0.25, 0.3) is 0 Å². The molecule has 0 heterocycles. The summed E-state index contributed by atoms with van der Waals surface area (Å²) in [4.78, 5) is 13.0. The van der Waals surface area contributed by atoms with Gasteiger partial charge < -0.3 is 5.32 Å². The average molecular weight is 286 g/mol. The Bertz CT molecular complexity index is 393. The van der Waals surface area contributed by atoms with Crippen molar-refractivity contribution in [3.8, 4) is 0 Å².